The first-order chi connectivity index (χ1) is 8.27. The third-order valence-corrected chi connectivity index (χ3v) is 3.36. The van der Waals surface area contributed by atoms with Crippen LogP contribution in [0, 0.1) is 5.92 Å². The molecule has 1 N–H and O–H groups in total. The summed E-state index contributed by atoms with van der Waals surface area (Å²) in [6.45, 7) is 8.17. The summed E-state index contributed by atoms with van der Waals surface area (Å²) in [5.41, 5.74) is 1.17. The number of imidazole rings is 1. The number of piperidine rings is 1. The van der Waals surface area contributed by atoms with Crippen molar-refractivity contribution in [1.82, 2.24) is 14.9 Å². The minimum Gasteiger partial charge on any atom is -0.375 e. The van der Waals surface area contributed by atoms with Gasteiger partial charge >= 0.3 is 0 Å². The summed E-state index contributed by atoms with van der Waals surface area (Å²) in [5, 5.41) is 3.37. The van der Waals surface area contributed by atoms with E-state index in [-0.39, 0.29) is 0 Å². The topological polar surface area (TPSA) is 39.1 Å². The van der Waals surface area contributed by atoms with Crippen molar-refractivity contribution >= 4 is 0 Å². The van der Waals surface area contributed by atoms with E-state index in [9.17, 15) is 0 Å². The van der Waals surface area contributed by atoms with Gasteiger partial charge in [0.15, 0.2) is 0 Å². The third kappa shape index (κ3) is 3.54. The van der Waals surface area contributed by atoms with Crippen LogP contribution in [0.15, 0.2) is 12.5 Å². The number of rotatable bonds is 5. The van der Waals surface area contributed by atoms with E-state index < -0.39 is 0 Å². The van der Waals surface area contributed by atoms with Gasteiger partial charge in [-0.15, -0.1) is 0 Å². The Kier molecular flexibility index (Phi) is 4.57. The van der Waals surface area contributed by atoms with Crippen LogP contribution in [0.3, 0.4) is 0 Å². The Morgan fingerprint density at radius 3 is 2.94 bits per heavy atom. The van der Waals surface area contributed by atoms with Gasteiger partial charge in [-0.3, -0.25) is 0 Å². The molecule has 1 aliphatic heterocycles. The van der Waals surface area contributed by atoms with E-state index in [0.717, 1.165) is 25.6 Å². The summed E-state index contributed by atoms with van der Waals surface area (Å²) >= 11 is 0. The van der Waals surface area contributed by atoms with Crippen LogP contribution in [0.5, 0.6) is 0 Å². The van der Waals surface area contributed by atoms with E-state index in [1.165, 1.54) is 18.5 Å². The first kappa shape index (κ1) is 12.6. The average molecular weight is 237 g/mol. The van der Waals surface area contributed by atoms with Gasteiger partial charge in [0, 0.05) is 6.04 Å². The fraction of sp³-hybridized carbons (Fsp3) is 0.769. The Hall–Kier alpha value is -0.870. The Morgan fingerprint density at radius 2 is 2.24 bits per heavy atom. The lowest BCUT2D eigenvalue weighted by Crippen LogP contribution is -2.30. The maximum absolute atomic E-state index is 5.82. The molecule has 1 saturated heterocycles. The van der Waals surface area contributed by atoms with E-state index in [1.54, 1.807) is 0 Å². The molecule has 2 heterocycles. The highest BCUT2D eigenvalue weighted by molar-refractivity contribution is 4.97. The van der Waals surface area contributed by atoms with Crippen molar-refractivity contribution in [3.63, 3.8) is 0 Å². The van der Waals surface area contributed by atoms with Gasteiger partial charge in [-0.1, -0.05) is 0 Å². The van der Waals surface area contributed by atoms with Gasteiger partial charge in [0.05, 0.1) is 31.4 Å². The lowest BCUT2D eigenvalue weighted by atomic mass is 9.99. The quantitative estimate of drug-likeness (QED) is 0.851. The number of nitrogens with zero attached hydrogens (tertiary/aromatic N) is 2. The maximum atomic E-state index is 5.82. The van der Waals surface area contributed by atoms with Crippen LogP contribution >= 0.6 is 0 Å². The van der Waals surface area contributed by atoms with Gasteiger partial charge in [-0.25, -0.2) is 4.98 Å². The molecule has 0 atom stereocenters. The Bertz CT molecular complexity index is 329. The average Bonchev–Trinajstić information content (AvgIpc) is 2.79. The fourth-order valence-corrected chi connectivity index (χ4v) is 2.29. The monoisotopic (exact) mass is 237 g/mol. The smallest absolute Gasteiger partial charge is 0.0951 e. The molecular formula is C13H23N3O. The summed E-state index contributed by atoms with van der Waals surface area (Å²) in [5.74, 6) is 0.728. The Labute approximate surface area is 103 Å². The molecule has 1 aromatic rings. The molecule has 0 spiro atoms. The number of aromatic nitrogens is 2. The van der Waals surface area contributed by atoms with Crippen LogP contribution in [-0.2, 0) is 11.3 Å². The molecule has 1 aliphatic rings. The zero-order valence-corrected chi connectivity index (χ0v) is 10.9. The SMILES string of the molecule is CC(C)n1cncc1COCC1CCNCC1. The van der Waals surface area contributed by atoms with Crippen LogP contribution in [0.2, 0.25) is 0 Å². The normalized spacial score (nSPS) is 17.8. The molecule has 4 heteroatoms. The summed E-state index contributed by atoms with van der Waals surface area (Å²) in [7, 11) is 0. The van der Waals surface area contributed by atoms with Gasteiger partial charge in [-0.05, 0) is 45.7 Å². The molecule has 1 fully saturated rings. The van der Waals surface area contributed by atoms with Crippen molar-refractivity contribution in [3.05, 3.63) is 18.2 Å². The molecule has 0 bridgehead atoms. The van der Waals surface area contributed by atoms with Crippen molar-refractivity contribution in [1.29, 1.82) is 0 Å². The van der Waals surface area contributed by atoms with Gasteiger partial charge < -0.3 is 14.6 Å². The maximum Gasteiger partial charge on any atom is 0.0951 e. The molecule has 0 radical (unpaired) electrons. The van der Waals surface area contributed by atoms with Crippen molar-refractivity contribution in [2.24, 2.45) is 5.92 Å². The van der Waals surface area contributed by atoms with E-state index >= 15 is 0 Å². The molecule has 96 valence electrons. The van der Waals surface area contributed by atoms with Crippen molar-refractivity contribution in [2.75, 3.05) is 19.7 Å². The van der Waals surface area contributed by atoms with Gasteiger partial charge in [0.2, 0.25) is 0 Å². The second-order valence-electron chi connectivity index (χ2n) is 5.09. The first-order valence-corrected chi connectivity index (χ1v) is 6.56. The second kappa shape index (κ2) is 6.17. The zero-order chi connectivity index (χ0) is 12.1. The summed E-state index contributed by atoms with van der Waals surface area (Å²) < 4.78 is 7.99. The van der Waals surface area contributed by atoms with Crippen molar-refractivity contribution in [3.8, 4) is 0 Å². The zero-order valence-electron chi connectivity index (χ0n) is 10.9. The van der Waals surface area contributed by atoms with Gasteiger partial charge in [0.1, 0.15) is 0 Å². The Morgan fingerprint density at radius 1 is 1.47 bits per heavy atom. The molecule has 0 amide bonds. The number of hydrogen-bond acceptors (Lipinski definition) is 3. The van der Waals surface area contributed by atoms with Crippen molar-refractivity contribution < 1.29 is 4.74 Å². The van der Waals surface area contributed by atoms with Crippen LogP contribution in [0.4, 0.5) is 0 Å². The van der Waals surface area contributed by atoms with Crippen molar-refractivity contribution in [2.45, 2.75) is 39.3 Å². The van der Waals surface area contributed by atoms with Crippen LogP contribution in [0.1, 0.15) is 38.4 Å². The van der Waals surface area contributed by atoms with E-state index in [4.69, 9.17) is 4.74 Å². The van der Waals surface area contributed by atoms with Gasteiger partial charge in [0.25, 0.3) is 0 Å². The minimum absolute atomic E-state index is 0.454. The summed E-state index contributed by atoms with van der Waals surface area (Å²) in [4.78, 5) is 4.18. The third-order valence-electron chi connectivity index (χ3n) is 3.36. The van der Waals surface area contributed by atoms with E-state index in [2.05, 4.69) is 28.7 Å². The summed E-state index contributed by atoms with van der Waals surface area (Å²) in [6, 6.07) is 0.454. The lowest BCUT2D eigenvalue weighted by molar-refractivity contribution is 0.0722. The molecule has 17 heavy (non-hydrogen) atoms. The highest BCUT2D eigenvalue weighted by Crippen LogP contribution is 2.14. The molecule has 0 saturated carbocycles. The first-order valence-electron chi connectivity index (χ1n) is 6.56. The molecule has 0 unspecified atom stereocenters. The van der Waals surface area contributed by atoms with Gasteiger partial charge in [-0.2, -0.15) is 0 Å². The molecule has 2 rings (SSSR count). The van der Waals surface area contributed by atoms with Crippen LogP contribution < -0.4 is 5.32 Å². The largest absolute Gasteiger partial charge is 0.375 e. The second-order valence-corrected chi connectivity index (χ2v) is 5.09. The molecule has 4 nitrogen and oxygen atoms in total. The predicted molar refractivity (Wildman–Crippen MR) is 67.9 cm³/mol. The minimum atomic E-state index is 0.454. The predicted octanol–water partition coefficient (Wildman–Crippen LogP) is 1.98. The van der Waals surface area contributed by atoms with E-state index in [1.807, 2.05) is 12.5 Å². The number of ether oxygens (including phenoxy) is 1. The summed E-state index contributed by atoms with van der Waals surface area (Å²) in [6.07, 6.45) is 6.27. The fourth-order valence-electron chi connectivity index (χ4n) is 2.29. The lowest BCUT2D eigenvalue weighted by Gasteiger charge is -2.22. The van der Waals surface area contributed by atoms with Crippen LogP contribution in [-0.4, -0.2) is 29.2 Å². The highest BCUT2D eigenvalue weighted by atomic mass is 16.5. The number of nitrogens with one attached hydrogen (secondary N) is 1. The molecule has 1 aromatic heterocycles. The molecule has 0 aliphatic carbocycles. The van der Waals surface area contributed by atoms with Crippen LogP contribution in [0.25, 0.3) is 0 Å². The molecule has 0 aromatic carbocycles. The highest BCUT2D eigenvalue weighted by Gasteiger charge is 2.13. The molecular weight excluding hydrogens is 214 g/mol. The number of hydrogen-bond donors (Lipinski definition) is 1. The Balaban J connectivity index is 1.75. The standard InChI is InChI=1S/C13H23N3O/c1-11(2)16-10-15-7-13(16)9-17-8-12-3-5-14-6-4-12/h7,10-12,14H,3-6,8-9H2,1-2H3. The van der Waals surface area contributed by atoms with E-state index in [0.29, 0.717) is 12.6 Å².